The number of carbonyl (C=O) groups excluding carboxylic acids is 3. The zero-order chi connectivity index (χ0) is 23.9. The predicted molar refractivity (Wildman–Crippen MR) is 110 cm³/mol. The molecule has 1 unspecified atom stereocenters. The Balaban J connectivity index is 2.07. The molecule has 0 radical (unpaired) electrons. The molecule has 1 aromatic rings. The van der Waals surface area contributed by atoms with Crippen LogP contribution in [-0.4, -0.2) is 79.7 Å². The number of amides is 1. The molecule has 1 fully saturated rings. The van der Waals surface area contributed by atoms with Crippen molar-refractivity contribution in [3.8, 4) is 5.75 Å². The Kier molecular flexibility index (Phi) is 4.74. The summed E-state index contributed by atoms with van der Waals surface area (Å²) in [6.07, 6.45) is -1.59. The standard InChI is InChI=1S/C22H24N2O8/c1-7-8-5-4-6-9(25)11(8)16(26)12-10(7)17(27)14-15(24(2)3)18(28)13(21(23)31)20(30)22(14,32)19(12)29/h4-7,10,14-15,17,25-27,30,32H,1-3H3,(H2,23,31)/t7-,10+,14+,15-,17?,22-/m0/s1. The van der Waals surface area contributed by atoms with Gasteiger partial charge in [-0.2, -0.15) is 0 Å². The number of phenolic OH excluding ortho intramolecular Hbond substituents is 1. The maximum absolute atomic E-state index is 13.7. The molecule has 0 heterocycles. The molecule has 0 bridgehead atoms. The summed E-state index contributed by atoms with van der Waals surface area (Å²) in [4.78, 5) is 40.0. The fourth-order valence-electron chi connectivity index (χ4n) is 5.58. The van der Waals surface area contributed by atoms with Crippen LogP contribution in [-0.2, 0) is 14.4 Å². The molecule has 1 amide bonds. The molecular formula is C22H24N2O8. The third kappa shape index (κ3) is 2.48. The molecule has 4 rings (SSSR count). The Morgan fingerprint density at radius 3 is 2.34 bits per heavy atom. The number of nitrogens with two attached hydrogens (primary N) is 1. The molecule has 10 nitrogen and oxygen atoms in total. The summed E-state index contributed by atoms with van der Waals surface area (Å²) in [7, 11) is 2.92. The molecule has 32 heavy (non-hydrogen) atoms. The summed E-state index contributed by atoms with van der Waals surface area (Å²) in [6.45, 7) is 1.68. The zero-order valence-corrected chi connectivity index (χ0v) is 17.6. The number of carbonyl (C=O) groups is 3. The van der Waals surface area contributed by atoms with Crippen molar-refractivity contribution in [3.63, 3.8) is 0 Å². The lowest BCUT2D eigenvalue weighted by Crippen LogP contribution is -2.70. The van der Waals surface area contributed by atoms with E-state index < -0.39 is 75.6 Å². The van der Waals surface area contributed by atoms with Gasteiger partial charge in [0.05, 0.1) is 23.6 Å². The second-order valence-electron chi connectivity index (χ2n) is 8.79. The van der Waals surface area contributed by atoms with Crippen LogP contribution in [0.1, 0.15) is 24.0 Å². The van der Waals surface area contributed by atoms with E-state index in [0.29, 0.717) is 5.56 Å². The smallest absolute Gasteiger partial charge is 0.255 e. The topological polar surface area (TPSA) is 182 Å². The molecule has 10 heteroatoms. The van der Waals surface area contributed by atoms with E-state index in [9.17, 15) is 39.9 Å². The van der Waals surface area contributed by atoms with Gasteiger partial charge in [0, 0.05) is 11.5 Å². The van der Waals surface area contributed by atoms with Gasteiger partial charge >= 0.3 is 0 Å². The lowest BCUT2D eigenvalue weighted by Gasteiger charge is -2.53. The van der Waals surface area contributed by atoms with Crippen molar-refractivity contribution in [3.05, 3.63) is 46.2 Å². The lowest BCUT2D eigenvalue weighted by molar-refractivity contribution is -0.169. The average Bonchev–Trinajstić information content (AvgIpc) is 2.70. The number of hydrogen-bond acceptors (Lipinski definition) is 9. The second kappa shape index (κ2) is 6.89. The van der Waals surface area contributed by atoms with E-state index in [0.717, 1.165) is 0 Å². The van der Waals surface area contributed by atoms with E-state index in [1.807, 2.05) is 0 Å². The number of primary amides is 1. The molecule has 0 saturated heterocycles. The number of aliphatic hydroxyl groups excluding tert-OH is 3. The monoisotopic (exact) mass is 444 g/mol. The average molecular weight is 444 g/mol. The van der Waals surface area contributed by atoms with Crippen LogP contribution in [0.5, 0.6) is 5.75 Å². The van der Waals surface area contributed by atoms with Crippen molar-refractivity contribution in [2.75, 3.05) is 14.1 Å². The number of hydrogen-bond donors (Lipinski definition) is 6. The maximum Gasteiger partial charge on any atom is 0.255 e. The summed E-state index contributed by atoms with van der Waals surface area (Å²) in [5.74, 6) is -8.87. The number of nitrogens with zero attached hydrogens (tertiary/aromatic N) is 1. The molecule has 0 aliphatic heterocycles. The first-order valence-corrected chi connectivity index (χ1v) is 10.0. The molecule has 1 aromatic carbocycles. The molecule has 170 valence electrons. The van der Waals surface area contributed by atoms with Crippen molar-refractivity contribution in [2.45, 2.75) is 30.6 Å². The highest BCUT2D eigenvalue weighted by Gasteiger charge is 2.68. The van der Waals surface area contributed by atoms with Gasteiger partial charge in [-0.25, -0.2) is 0 Å². The first kappa shape index (κ1) is 22.0. The van der Waals surface area contributed by atoms with Gasteiger partial charge in [-0.15, -0.1) is 0 Å². The minimum atomic E-state index is -2.89. The molecule has 0 spiro atoms. The summed E-state index contributed by atoms with van der Waals surface area (Å²) in [5.41, 5.74) is 1.47. The number of rotatable bonds is 2. The first-order chi connectivity index (χ1) is 14.9. The van der Waals surface area contributed by atoms with Crippen molar-refractivity contribution in [1.82, 2.24) is 4.90 Å². The number of aromatic hydroxyl groups is 1. The molecule has 3 aliphatic rings. The Bertz CT molecular complexity index is 1140. The van der Waals surface area contributed by atoms with Crippen molar-refractivity contribution in [2.24, 2.45) is 17.6 Å². The van der Waals surface area contributed by atoms with Crippen LogP contribution in [0.3, 0.4) is 0 Å². The number of aliphatic hydroxyl groups is 4. The van der Waals surface area contributed by atoms with E-state index in [1.54, 1.807) is 19.1 Å². The van der Waals surface area contributed by atoms with E-state index in [-0.39, 0.29) is 11.3 Å². The Hall–Kier alpha value is -3.21. The maximum atomic E-state index is 13.7. The Labute approximate surface area is 182 Å². The van der Waals surface area contributed by atoms with Crippen molar-refractivity contribution in [1.29, 1.82) is 0 Å². The second-order valence-corrected chi connectivity index (χ2v) is 8.79. The van der Waals surface area contributed by atoms with Crippen LogP contribution in [0.15, 0.2) is 35.1 Å². The summed E-state index contributed by atoms with van der Waals surface area (Å²) < 4.78 is 0. The number of likely N-dealkylation sites (N-methyl/N-ethyl adjacent to an activating group) is 1. The SMILES string of the molecule is C[C@H]1c2cccc(O)c2C(O)=C2C(=O)[C@]3(O)C(O)=C(C(N)=O)C(=O)[C@@H](N(C)C)[C@@H]3C(O)[C@@H]21. The quantitative estimate of drug-likeness (QED) is 0.327. The molecule has 7 N–H and O–H groups in total. The highest BCUT2D eigenvalue weighted by atomic mass is 16.4. The number of phenols is 1. The van der Waals surface area contributed by atoms with Crippen LogP contribution in [0.4, 0.5) is 0 Å². The predicted octanol–water partition coefficient (Wildman–Crippen LogP) is -0.504. The number of fused-ring (bicyclic) bond motifs is 3. The van der Waals surface area contributed by atoms with Gasteiger partial charge < -0.3 is 31.3 Å². The van der Waals surface area contributed by atoms with Gasteiger partial charge in [0.1, 0.15) is 22.8 Å². The molecule has 0 aromatic heterocycles. The van der Waals surface area contributed by atoms with Crippen LogP contribution in [0.2, 0.25) is 0 Å². The summed E-state index contributed by atoms with van der Waals surface area (Å²) >= 11 is 0. The summed E-state index contributed by atoms with van der Waals surface area (Å²) in [6, 6.07) is 3.13. The van der Waals surface area contributed by atoms with Gasteiger partial charge in [0.2, 0.25) is 5.78 Å². The van der Waals surface area contributed by atoms with Gasteiger partial charge in [-0.1, -0.05) is 19.1 Å². The largest absolute Gasteiger partial charge is 0.508 e. The molecule has 6 atom stereocenters. The van der Waals surface area contributed by atoms with E-state index in [2.05, 4.69) is 0 Å². The Morgan fingerprint density at radius 1 is 1.16 bits per heavy atom. The third-order valence-corrected chi connectivity index (χ3v) is 6.99. The van der Waals surface area contributed by atoms with Gasteiger partial charge in [0.25, 0.3) is 5.91 Å². The van der Waals surface area contributed by atoms with E-state index >= 15 is 0 Å². The van der Waals surface area contributed by atoms with Gasteiger partial charge in [0.15, 0.2) is 11.4 Å². The van der Waals surface area contributed by atoms with Crippen LogP contribution >= 0.6 is 0 Å². The Morgan fingerprint density at radius 2 is 1.78 bits per heavy atom. The van der Waals surface area contributed by atoms with Crippen molar-refractivity contribution >= 4 is 23.2 Å². The van der Waals surface area contributed by atoms with Gasteiger partial charge in [-0.05, 0) is 31.6 Å². The minimum Gasteiger partial charge on any atom is -0.508 e. The van der Waals surface area contributed by atoms with E-state index in [4.69, 9.17) is 5.73 Å². The van der Waals surface area contributed by atoms with Crippen molar-refractivity contribution < 1.29 is 39.9 Å². The normalized spacial score (nSPS) is 34.4. The number of ketones is 2. The first-order valence-electron chi connectivity index (χ1n) is 10.0. The fraction of sp³-hybridized carbons (Fsp3) is 0.409. The van der Waals surface area contributed by atoms with Gasteiger partial charge in [-0.3, -0.25) is 19.3 Å². The highest BCUT2D eigenvalue weighted by molar-refractivity contribution is 6.24. The zero-order valence-electron chi connectivity index (χ0n) is 17.6. The van der Waals surface area contributed by atoms with Crippen LogP contribution < -0.4 is 5.73 Å². The molecule has 1 saturated carbocycles. The lowest BCUT2D eigenvalue weighted by atomic mass is 9.54. The highest BCUT2D eigenvalue weighted by Crippen LogP contribution is 2.55. The third-order valence-electron chi connectivity index (χ3n) is 6.99. The minimum absolute atomic E-state index is 0.0245. The molecule has 3 aliphatic carbocycles. The van der Waals surface area contributed by atoms with Crippen LogP contribution in [0.25, 0.3) is 5.76 Å². The fourth-order valence-corrected chi connectivity index (χ4v) is 5.58. The number of benzene rings is 1. The molecular weight excluding hydrogens is 420 g/mol. The number of Topliss-reactive ketones (excluding diaryl/α,β-unsaturated/α-hetero) is 2. The van der Waals surface area contributed by atoms with Crippen LogP contribution in [0, 0.1) is 11.8 Å². The van der Waals surface area contributed by atoms with E-state index in [1.165, 1.54) is 25.1 Å². The summed E-state index contributed by atoms with van der Waals surface area (Å²) in [5, 5.41) is 54.9.